The number of hydrogen-bond acceptors (Lipinski definition) is 3. The number of ether oxygens (including phenoxy) is 1. The molecular weight excluding hydrogens is 410 g/mol. The van der Waals surface area contributed by atoms with Gasteiger partial charge in [-0.2, -0.15) is 0 Å². The van der Waals surface area contributed by atoms with Crippen LogP contribution in [0.25, 0.3) is 39.6 Å². The van der Waals surface area contributed by atoms with Crippen molar-refractivity contribution in [3.8, 4) is 11.4 Å². The molecule has 0 atom stereocenters. The quantitative estimate of drug-likeness (QED) is 0.365. The molecule has 0 fully saturated rings. The van der Waals surface area contributed by atoms with E-state index in [0.717, 1.165) is 39.2 Å². The van der Waals surface area contributed by atoms with Crippen molar-refractivity contribution in [2.75, 3.05) is 7.11 Å². The molecule has 0 saturated carbocycles. The van der Waals surface area contributed by atoms with E-state index < -0.39 is 0 Å². The molecule has 0 amide bonds. The third-order valence-electron chi connectivity index (χ3n) is 6.31. The van der Waals surface area contributed by atoms with Gasteiger partial charge in [0.25, 0.3) is 5.56 Å². The van der Waals surface area contributed by atoms with Gasteiger partial charge in [0.15, 0.2) is 0 Å². The van der Waals surface area contributed by atoms with Gasteiger partial charge < -0.3 is 9.30 Å². The molecule has 5 rings (SSSR count). The van der Waals surface area contributed by atoms with E-state index in [2.05, 4.69) is 24.6 Å². The van der Waals surface area contributed by atoms with Gasteiger partial charge in [-0.25, -0.2) is 4.98 Å². The van der Waals surface area contributed by atoms with Gasteiger partial charge in [0.05, 0.1) is 23.7 Å². The summed E-state index contributed by atoms with van der Waals surface area (Å²) >= 11 is 0. The van der Waals surface area contributed by atoms with Crippen LogP contribution in [0.4, 0.5) is 0 Å². The van der Waals surface area contributed by atoms with Gasteiger partial charge in [-0.1, -0.05) is 30.3 Å². The number of rotatable bonds is 4. The van der Waals surface area contributed by atoms with Crippen molar-refractivity contribution < 1.29 is 4.74 Å². The predicted octanol–water partition coefficient (Wildman–Crippen LogP) is 5.67. The van der Waals surface area contributed by atoms with Crippen LogP contribution in [0.1, 0.15) is 22.6 Å². The van der Waals surface area contributed by atoms with Crippen LogP contribution in [-0.2, 0) is 7.05 Å². The first kappa shape index (κ1) is 20.8. The number of fused-ring (bicyclic) bond motifs is 2. The highest BCUT2D eigenvalue weighted by atomic mass is 16.5. The van der Waals surface area contributed by atoms with Crippen LogP contribution in [0.5, 0.6) is 5.75 Å². The maximum Gasteiger partial charge on any atom is 0.266 e. The van der Waals surface area contributed by atoms with Crippen molar-refractivity contribution in [2.24, 2.45) is 7.05 Å². The monoisotopic (exact) mass is 435 g/mol. The van der Waals surface area contributed by atoms with Crippen molar-refractivity contribution in [2.45, 2.75) is 13.8 Å². The Labute approximate surface area is 192 Å². The fourth-order valence-electron chi connectivity index (χ4n) is 4.38. The lowest BCUT2D eigenvalue weighted by atomic mass is 10.1. The molecule has 33 heavy (non-hydrogen) atoms. The molecule has 5 nitrogen and oxygen atoms in total. The van der Waals surface area contributed by atoms with Crippen LogP contribution in [-0.4, -0.2) is 21.2 Å². The highest BCUT2D eigenvalue weighted by Crippen LogP contribution is 2.30. The standard InChI is InChI=1S/C28H25N3O2/c1-18-9-5-8-12-25(18)31-27(29-24-11-7-6-10-22(24)28(31)32)16-14-21-19(2)30(3)26-15-13-20(33-4)17-23(21)26/h5-17H,1-4H3/b16-14+. The van der Waals surface area contributed by atoms with Crippen LogP contribution in [0.2, 0.25) is 0 Å². The van der Waals surface area contributed by atoms with E-state index in [4.69, 9.17) is 9.72 Å². The number of aryl methyl sites for hydroxylation is 2. The van der Waals surface area contributed by atoms with E-state index >= 15 is 0 Å². The Morgan fingerprint density at radius 3 is 2.45 bits per heavy atom. The summed E-state index contributed by atoms with van der Waals surface area (Å²) in [6, 6.07) is 21.4. The second kappa shape index (κ2) is 8.10. The first-order valence-electron chi connectivity index (χ1n) is 10.9. The second-order valence-electron chi connectivity index (χ2n) is 8.19. The SMILES string of the molecule is COc1ccc2c(c1)c(/C=C/c1nc3ccccc3c(=O)n1-c1ccccc1C)c(C)n2C. The van der Waals surface area contributed by atoms with Gasteiger partial charge in [-0.05, 0) is 68.0 Å². The van der Waals surface area contributed by atoms with Crippen LogP contribution >= 0.6 is 0 Å². The molecule has 0 bridgehead atoms. The zero-order valence-electron chi connectivity index (χ0n) is 19.2. The lowest BCUT2D eigenvalue weighted by Crippen LogP contribution is -2.23. The molecule has 0 N–H and O–H groups in total. The molecular formula is C28H25N3O2. The normalized spacial score (nSPS) is 11.6. The molecule has 0 aliphatic rings. The van der Waals surface area contributed by atoms with Crippen molar-refractivity contribution in [1.82, 2.24) is 14.1 Å². The van der Waals surface area contributed by atoms with Crippen LogP contribution in [0, 0.1) is 13.8 Å². The lowest BCUT2D eigenvalue weighted by molar-refractivity contribution is 0.415. The fourth-order valence-corrected chi connectivity index (χ4v) is 4.38. The zero-order chi connectivity index (χ0) is 23.1. The Bertz CT molecular complexity index is 1610. The Morgan fingerprint density at radius 1 is 0.909 bits per heavy atom. The molecule has 0 saturated heterocycles. The van der Waals surface area contributed by atoms with E-state index in [1.165, 1.54) is 0 Å². The number of benzene rings is 3. The molecule has 0 radical (unpaired) electrons. The molecule has 0 aliphatic heterocycles. The maximum atomic E-state index is 13.5. The number of nitrogens with zero attached hydrogens (tertiary/aromatic N) is 3. The molecule has 5 aromatic rings. The van der Waals surface area contributed by atoms with Crippen molar-refractivity contribution in [3.05, 3.63) is 99.7 Å². The Morgan fingerprint density at radius 2 is 1.67 bits per heavy atom. The third-order valence-corrected chi connectivity index (χ3v) is 6.31. The summed E-state index contributed by atoms with van der Waals surface area (Å²) in [6.07, 6.45) is 3.98. The van der Waals surface area contributed by atoms with Crippen LogP contribution in [0.15, 0.2) is 71.5 Å². The fraction of sp³-hybridized carbons (Fsp3) is 0.143. The first-order valence-corrected chi connectivity index (χ1v) is 10.9. The van der Waals surface area contributed by atoms with Gasteiger partial charge >= 0.3 is 0 Å². The molecule has 2 aromatic heterocycles. The summed E-state index contributed by atoms with van der Waals surface area (Å²) in [5, 5.41) is 1.69. The Hall–Kier alpha value is -4.12. The van der Waals surface area contributed by atoms with Gasteiger partial charge in [0.1, 0.15) is 11.6 Å². The van der Waals surface area contributed by atoms with Gasteiger partial charge in [-0.15, -0.1) is 0 Å². The number of para-hydroxylation sites is 2. The second-order valence-corrected chi connectivity index (χ2v) is 8.19. The highest BCUT2D eigenvalue weighted by molar-refractivity contribution is 5.94. The molecule has 164 valence electrons. The third kappa shape index (κ3) is 3.42. The molecule has 0 spiro atoms. The highest BCUT2D eigenvalue weighted by Gasteiger charge is 2.14. The largest absolute Gasteiger partial charge is 0.497 e. The van der Waals surface area contributed by atoms with Gasteiger partial charge in [0.2, 0.25) is 0 Å². The smallest absolute Gasteiger partial charge is 0.266 e. The number of methoxy groups -OCH3 is 1. The minimum Gasteiger partial charge on any atom is -0.497 e. The summed E-state index contributed by atoms with van der Waals surface area (Å²) in [5.74, 6) is 1.40. The van der Waals surface area contributed by atoms with E-state index in [1.54, 1.807) is 11.7 Å². The first-order chi connectivity index (χ1) is 16.0. The topological polar surface area (TPSA) is 49.0 Å². The number of aromatic nitrogens is 3. The van der Waals surface area contributed by atoms with E-state index in [1.807, 2.05) is 79.7 Å². The number of hydrogen-bond donors (Lipinski definition) is 0. The zero-order valence-corrected chi connectivity index (χ0v) is 19.2. The predicted molar refractivity (Wildman–Crippen MR) is 135 cm³/mol. The van der Waals surface area contributed by atoms with Crippen LogP contribution in [0.3, 0.4) is 0 Å². The molecule has 0 aliphatic carbocycles. The van der Waals surface area contributed by atoms with Crippen molar-refractivity contribution in [3.63, 3.8) is 0 Å². The summed E-state index contributed by atoms with van der Waals surface area (Å²) in [6.45, 7) is 4.10. The summed E-state index contributed by atoms with van der Waals surface area (Å²) in [5.41, 5.74) is 5.77. The average Bonchev–Trinajstić information content (AvgIpc) is 3.07. The molecule has 2 heterocycles. The van der Waals surface area contributed by atoms with E-state index in [-0.39, 0.29) is 5.56 Å². The summed E-state index contributed by atoms with van der Waals surface area (Å²) in [4.78, 5) is 18.4. The molecule has 5 heteroatoms. The maximum absolute atomic E-state index is 13.5. The van der Waals surface area contributed by atoms with Gasteiger partial charge in [-0.3, -0.25) is 9.36 Å². The summed E-state index contributed by atoms with van der Waals surface area (Å²) in [7, 11) is 3.73. The average molecular weight is 436 g/mol. The van der Waals surface area contributed by atoms with Crippen LogP contribution < -0.4 is 10.3 Å². The molecule has 0 unspecified atom stereocenters. The summed E-state index contributed by atoms with van der Waals surface area (Å²) < 4.78 is 9.32. The lowest BCUT2D eigenvalue weighted by Gasteiger charge is -2.13. The Kier molecular flexibility index (Phi) is 5.09. The molecule has 3 aromatic carbocycles. The van der Waals surface area contributed by atoms with E-state index in [9.17, 15) is 4.79 Å². The van der Waals surface area contributed by atoms with E-state index in [0.29, 0.717) is 16.7 Å². The minimum absolute atomic E-state index is 0.0779. The van der Waals surface area contributed by atoms with Gasteiger partial charge in [0, 0.05) is 29.2 Å². The Balaban J connectivity index is 1.77. The van der Waals surface area contributed by atoms with Crippen molar-refractivity contribution >= 4 is 34.0 Å². The minimum atomic E-state index is -0.0779. The van der Waals surface area contributed by atoms with Crippen molar-refractivity contribution in [1.29, 1.82) is 0 Å².